The van der Waals surface area contributed by atoms with Crippen LogP contribution in [0.1, 0.15) is 63.5 Å². The molecule has 4 aliphatic rings. The fourth-order valence-electron chi connectivity index (χ4n) is 6.42. The third-order valence-corrected chi connectivity index (χ3v) is 7.43. The van der Waals surface area contributed by atoms with Gasteiger partial charge in [0.2, 0.25) is 0 Å². The van der Waals surface area contributed by atoms with Crippen LogP contribution in [0.4, 0.5) is 0 Å². The molecule has 0 radical (unpaired) electrons. The summed E-state index contributed by atoms with van der Waals surface area (Å²) in [4.78, 5) is 23.1. The second-order valence-electron chi connectivity index (χ2n) is 8.97. The molecule has 3 aliphatic carbocycles. The van der Waals surface area contributed by atoms with E-state index >= 15 is 0 Å². The van der Waals surface area contributed by atoms with Crippen molar-refractivity contribution in [2.24, 2.45) is 17.3 Å². The first-order chi connectivity index (χ1) is 12.9. The summed E-state index contributed by atoms with van der Waals surface area (Å²) in [5.41, 5.74) is 2.64. The van der Waals surface area contributed by atoms with Crippen molar-refractivity contribution in [3.63, 3.8) is 0 Å². The molecule has 0 unspecified atom stereocenters. The van der Waals surface area contributed by atoms with E-state index < -0.39 is 0 Å². The van der Waals surface area contributed by atoms with Crippen LogP contribution in [0.3, 0.4) is 0 Å². The number of aryl methyl sites for hydroxylation is 1. The maximum Gasteiger partial charge on any atom is 0.308 e. The Morgan fingerprint density at radius 3 is 2.67 bits per heavy atom. The Balaban J connectivity index is 1.54. The summed E-state index contributed by atoms with van der Waals surface area (Å²) in [6.07, 6.45) is 6.43. The summed E-state index contributed by atoms with van der Waals surface area (Å²) in [5.74, 6) is 2.05. The Bertz CT molecular complexity index is 830. The average Bonchev–Trinajstić information content (AvgIpc) is 3.30. The van der Waals surface area contributed by atoms with Gasteiger partial charge < -0.3 is 14.2 Å². The maximum absolute atomic E-state index is 11.7. The Morgan fingerprint density at radius 2 is 1.93 bits per heavy atom. The molecule has 1 aromatic rings. The quantitative estimate of drug-likeness (QED) is 0.450. The molecule has 144 valence electrons. The fraction of sp³-hybridized carbons (Fsp3) is 0.636. The summed E-state index contributed by atoms with van der Waals surface area (Å²) in [7, 11) is 0. The topological polar surface area (TPSA) is 65.1 Å². The number of rotatable bonds is 2. The van der Waals surface area contributed by atoms with Crippen LogP contribution in [0.2, 0.25) is 0 Å². The van der Waals surface area contributed by atoms with E-state index in [0.29, 0.717) is 46.9 Å². The molecular weight excluding hydrogens is 344 g/mol. The van der Waals surface area contributed by atoms with E-state index in [2.05, 4.69) is 6.92 Å². The molecule has 5 heteroatoms. The van der Waals surface area contributed by atoms with Gasteiger partial charge in [0.25, 0.3) is 0 Å². The van der Waals surface area contributed by atoms with Crippen LogP contribution in [0.15, 0.2) is 12.1 Å². The zero-order valence-corrected chi connectivity index (χ0v) is 16.1. The predicted molar refractivity (Wildman–Crippen MR) is 97.7 cm³/mol. The zero-order valence-electron chi connectivity index (χ0n) is 16.1. The first-order valence-corrected chi connectivity index (χ1v) is 10.1. The zero-order chi connectivity index (χ0) is 18.9. The maximum atomic E-state index is 11.7. The van der Waals surface area contributed by atoms with E-state index in [1.165, 1.54) is 25.8 Å². The Kier molecular flexibility index (Phi) is 3.71. The number of epoxide rings is 1. The highest BCUT2D eigenvalue weighted by Crippen LogP contribution is 2.67. The molecule has 1 aromatic carbocycles. The minimum atomic E-state index is -0.365. The molecule has 3 fully saturated rings. The summed E-state index contributed by atoms with van der Waals surface area (Å²) in [6, 6.07) is 3.68. The van der Waals surface area contributed by atoms with Crippen LogP contribution >= 0.6 is 0 Å². The van der Waals surface area contributed by atoms with Gasteiger partial charge in [0.15, 0.2) is 0 Å². The summed E-state index contributed by atoms with van der Waals surface area (Å²) in [5, 5.41) is 0. The number of hydrogen-bond acceptors (Lipinski definition) is 5. The van der Waals surface area contributed by atoms with Crippen molar-refractivity contribution in [3.8, 4) is 11.5 Å². The Morgan fingerprint density at radius 1 is 1.15 bits per heavy atom. The molecule has 1 saturated heterocycles. The lowest BCUT2D eigenvalue weighted by molar-refractivity contribution is -0.132. The third kappa shape index (κ3) is 2.62. The van der Waals surface area contributed by atoms with E-state index in [1.807, 2.05) is 6.07 Å². The van der Waals surface area contributed by atoms with Gasteiger partial charge in [-0.3, -0.25) is 9.59 Å². The first-order valence-electron chi connectivity index (χ1n) is 10.1. The lowest BCUT2D eigenvalue weighted by Crippen LogP contribution is -2.43. The second kappa shape index (κ2) is 5.81. The van der Waals surface area contributed by atoms with Crippen LogP contribution in [0.5, 0.6) is 11.5 Å². The Hall–Kier alpha value is -1.88. The van der Waals surface area contributed by atoms with Gasteiger partial charge in [-0.15, -0.1) is 0 Å². The Labute approximate surface area is 159 Å². The molecule has 6 atom stereocenters. The molecule has 0 bridgehead atoms. The van der Waals surface area contributed by atoms with Gasteiger partial charge in [0, 0.05) is 25.5 Å². The molecule has 0 aromatic heterocycles. The van der Waals surface area contributed by atoms with Crippen LogP contribution < -0.4 is 9.47 Å². The van der Waals surface area contributed by atoms with E-state index in [4.69, 9.17) is 14.2 Å². The van der Waals surface area contributed by atoms with Crippen LogP contribution in [-0.2, 0) is 20.7 Å². The summed E-state index contributed by atoms with van der Waals surface area (Å²) >= 11 is 0. The molecule has 27 heavy (non-hydrogen) atoms. The number of hydrogen-bond donors (Lipinski definition) is 0. The SMILES string of the molecule is CC(=O)Oc1cc2c(c(OC(C)=O)c1)[C@H]1CC[C@]3(C)[C@@H]4O[C@@H]4C[C@H]3[C@H]1CC2. The van der Waals surface area contributed by atoms with Crippen molar-refractivity contribution in [1.29, 1.82) is 0 Å². The number of carbonyl (C=O) groups excluding carboxylic acids is 2. The number of carbonyl (C=O) groups is 2. The van der Waals surface area contributed by atoms with Gasteiger partial charge >= 0.3 is 11.9 Å². The normalized spacial score (nSPS) is 38.1. The smallest absolute Gasteiger partial charge is 0.308 e. The van der Waals surface area contributed by atoms with Gasteiger partial charge in [-0.25, -0.2) is 0 Å². The van der Waals surface area contributed by atoms with Gasteiger partial charge in [0.1, 0.15) is 11.5 Å². The first kappa shape index (κ1) is 17.2. The molecule has 5 rings (SSSR count). The van der Waals surface area contributed by atoms with E-state index in [1.54, 1.807) is 6.07 Å². The minimum absolute atomic E-state index is 0.308. The highest BCUT2D eigenvalue weighted by atomic mass is 16.6. The largest absolute Gasteiger partial charge is 0.427 e. The third-order valence-electron chi connectivity index (χ3n) is 7.43. The van der Waals surface area contributed by atoms with Gasteiger partial charge in [-0.05, 0) is 66.9 Å². The van der Waals surface area contributed by atoms with Crippen LogP contribution in [0, 0.1) is 17.3 Å². The summed E-state index contributed by atoms with van der Waals surface area (Å²) < 4.78 is 16.8. The second-order valence-corrected chi connectivity index (χ2v) is 8.97. The number of ether oxygens (including phenoxy) is 3. The van der Waals surface area contributed by atoms with Crippen molar-refractivity contribution >= 4 is 11.9 Å². The van der Waals surface area contributed by atoms with Crippen molar-refractivity contribution in [2.75, 3.05) is 0 Å². The average molecular weight is 370 g/mol. The van der Waals surface area contributed by atoms with E-state index in [0.717, 1.165) is 31.2 Å². The molecule has 0 spiro atoms. The molecule has 0 amide bonds. The minimum Gasteiger partial charge on any atom is -0.427 e. The van der Waals surface area contributed by atoms with Crippen molar-refractivity contribution in [1.82, 2.24) is 0 Å². The molecule has 0 N–H and O–H groups in total. The monoisotopic (exact) mass is 370 g/mol. The van der Waals surface area contributed by atoms with Crippen LogP contribution in [-0.4, -0.2) is 24.1 Å². The number of fused-ring (bicyclic) bond motifs is 7. The summed E-state index contributed by atoms with van der Waals surface area (Å²) in [6.45, 7) is 5.22. The highest BCUT2D eigenvalue weighted by Gasteiger charge is 2.66. The standard InChI is InChI=1S/C22H26O5/c1-11(23)25-14-8-13-4-5-15-16(20(13)18(9-14)26-12(2)24)6-7-22(3)17(15)10-19-21(22)27-19/h8-9,15-17,19,21H,4-7,10H2,1-3H3/t15-,16-,17-,19+,21+,22-/m0/s1. The van der Waals surface area contributed by atoms with E-state index in [9.17, 15) is 9.59 Å². The van der Waals surface area contributed by atoms with Crippen molar-refractivity contribution in [2.45, 2.75) is 71.0 Å². The lowest BCUT2D eigenvalue weighted by Gasteiger charge is -2.50. The van der Waals surface area contributed by atoms with E-state index in [-0.39, 0.29) is 11.9 Å². The molecule has 5 nitrogen and oxygen atoms in total. The lowest BCUT2D eigenvalue weighted by atomic mass is 9.55. The highest BCUT2D eigenvalue weighted by molar-refractivity contribution is 5.72. The van der Waals surface area contributed by atoms with Crippen molar-refractivity contribution < 1.29 is 23.8 Å². The van der Waals surface area contributed by atoms with Gasteiger partial charge in [0.05, 0.1) is 12.2 Å². The molecule has 1 heterocycles. The molecule has 2 saturated carbocycles. The number of benzene rings is 1. The fourth-order valence-corrected chi connectivity index (χ4v) is 6.42. The van der Waals surface area contributed by atoms with Crippen molar-refractivity contribution in [3.05, 3.63) is 23.3 Å². The van der Waals surface area contributed by atoms with Gasteiger partial charge in [-0.2, -0.15) is 0 Å². The van der Waals surface area contributed by atoms with Crippen LogP contribution in [0.25, 0.3) is 0 Å². The van der Waals surface area contributed by atoms with Gasteiger partial charge in [-0.1, -0.05) is 6.92 Å². The number of esters is 2. The molecular formula is C22H26O5. The predicted octanol–water partition coefficient (Wildman–Crippen LogP) is 3.77. The molecule has 1 aliphatic heterocycles.